The van der Waals surface area contributed by atoms with Crippen LogP contribution in [0.2, 0.25) is 0 Å². The minimum absolute atomic E-state index is 0.0509. The number of piperidine rings is 1. The molecule has 6 nitrogen and oxygen atoms in total. The molecule has 152 valence electrons. The Hall–Kier alpha value is -3.22. The molecule has 3 heterocycles. The Bertz CT molecular complexity index is 1150. The SMILES string of the molecule is OCc1ccc(-c2ccc3[nH]cc(-c4cncc(OC5CCCNC5)n4)c3c2)cc1. The number of aromatic amines is 1. The number of aliphatic hydroxyl groups is 1. The summed E-state index contributed by atoms with van der Waals surface area (Å²) in [7, 11) is 0. The van der Waals surface area contributed by atoms with Crippen molar-refractivity contribution in [2.45, 2.75) is 25.6 Å². The molecule has 6 heteroatoms. The van der Waals surface area contributed by atoms with Crippen LogP contribution in [0.25, 0.3) is 33.3 Å². The van der Waals surface area contributed by atoms with Crippen molar-refractivity contribution in [2.24, 2.45) is 0 Å². The van der Waals surface area contributed by atoms with Crippen LogP contribution in [0.15, 0.2) is 61.1 Å². The second-order valence-corrected chi connectivity index (χ2v) is 7.65. The van der Waals surface area contributed by atoms with Crippen molar-refractivity contribution in [2.75, 3.05) is 13.1 Å². The van der Waals surface area contributed by atoms with Crippen LogP contribution in [0.3, 0.4) is 0 Å². The molecular formula is C24H24N4O2. The number of nitrogens with zero attached hydrogens (tertiary/aromatic N) is 2. The van der Waals surface area contributed by atoms with Crippen LogP contribution in [-0.2, 0) is 6.61 Å². The van der Waals surface area contributed by atoms with Crippen molar-refractivity contribution in [3.8, 4) is 28.3 Å². The molecule has 30 heavy (non-hydrogen) atoms. The van der Waals surface area contributed by atoms with Gasteiger partial charge in [-0.1, -0.05) is 30.3 Å². The maximum Gasteiger partial charge on any atom is 0.233 e. The zero-order valence-corrected chi connectivity index (χ0v) is 16.6. The maximum absolute atomic E-state index is 9.27. The quantitative estimate of drug-likeness (QED) is 0.473. The van der Waals surface area contributed by atoms with Gasteiger partial charge in [0.1, 0.15) is 6.10 Å². The van der Waals surface area contributed by atoms with Crippen molar-refractivity contribution in [3.05, 3.63) is 66.6 Å². The standard InChI is InChI=1S/C24H24N4O2/c29-15-16-3-5-17(6-4-16)18-7-8-22-20(10-18)21(12-27-22)23-13-26-14-24(28-23)30-19-2-1-9-25-11-19/h3-8,10,12-14,19,25,27,29H,1-2,9,11,15H2. The Morgan fingerprint density at radius 2 is 1.93 bits per heavy atom. The van der Waals surface area contributed by atoms with Gasteiger partial charge in [-0.25, -0.2) is 4.98 Å². The highest BCUT2D eigenvalue weighted by Crippen LogP contribution is 2.32. The third kappa shape index (κ3) is 3.79. The summed E-state index contributed by atoms with van der Waals surface area (Å²) in [5.41, 5.74) is 5.96. The molecule has 1 aliphatic rings. The van der Waals surface area contributed by atoms with Crippen molar-refractivity contribution in [1.82, 2.24) is 20.3 Å². The Morgan fingerprint density at radius 1 is 1.07 bits per heavy atom. The van der Waals surface area contributed by atoms with Gasteiger partial charge >= 0.3 is 0 Å². The van der Waals surface area contributed by atoms with Crippen molar-refractivity contribution in [3.63, 3.8) is 0 Å². The lowest BCUT2D eigenvalue weighted by Gasteiger charge is -2.23. The number of rotatable bonds is 5. The first kappa shape index (κ1) is 18.8. The van der Waals surface area contributed by atoms with Gasteiger partial charge in [-0.15, -0.1) is 0 Å². The van der Waals surface area contributed by atoms with Gasteiger partial charge in [-0.2, -0.15) is 0 Å². The molecule has 1 aliphatic heterocycles. The van der Waals surface area contributed by atoms with Crippen LogP contribution < -0.4 is 10.1 Å². The maximum atomic E-state index is 9.27. The van der Waals surface area contributed by atoms with Crippen LogP contribution in [0.5, 0.6) is 5.88 Å². The van der Waals surface area contributed by atoms with E-state index >= 15 is 0 Å². The zero-order valence-electron chi connectivity index (χ0n) is 16.6. The Labute approximate surface area is 175 Å². The molecule has 2 aromatic carbocycles. The topological polar surface area (TPSA) is 83.1 Å². The highest BCUT2D eigenvalue weighted by atomic mass is 16.5. The van der Waals surface area contributed by atoms with Gasteiger partial charge in [0.15, 0.2) is 0 Å². The van der Waals surface area contributed by atoms with Crippen LogP contribution in [0.1, 0.15) is 18.4 Å². The molecule has 0 aliphatic carbocycles. The molecule has 1 saturated heterocycles. The van der Waals surface area contributed by atoms with Gasteiger partial charge in [0.2, 0.25) is 5.88 Å². The Kier molecular flexibility index (Phi) is 5.17. The second kappa shape index (κ2) is 8.26. The molecule has 1 atom stereocenters. The highest BCUT2D eigenvalue weighted by Gasteiger charge is 2.16. The van der Waals surface area contributed by atoms with E-state index in [4.69, 9.17) is 9.72 Å². The molecule has 1 unspecified atom stereocenters. The van der Waals surface area contributed by atoms with E-state index in [-0.39, 0.29) is 12.7 Å². The normalized spacial score (nSPS) is 16.6. The predicted molar refractivity (Wildman–Crippen MR) is 117 cm³/mol. The number of fused-ring (bicyclic) bond motifs is 1. The van der Waals surface area contributed by atoms with Crippen LogP contribution in [0, 0.1) is 0 Å². The molecule has 1 fully saturated rings. The first-order chi connectivity index (χ1) is 14.8. The largest absolute Gasteiger partial charge is 0.472 e. The van der Waals surface area contributed by atoms with Gasteiger partial charge in [0, 0.05) is 29.2 Å². The van der Waals surface area contributed by atoms with Gasteiger partial charge < -0.3 is 20.1 Å². The van der Waals surface area contributed by atoms with E-state index in [0.29, 0.717) is 5.88 Å². The average molecular weight is 400 g/mol. The zero-order chi connectivity index (χ0) is 20.3. The third-order valence-corrected chi connectivity index (χ3v) is 5.58. The first-order valence-corrected chi connectivity index (χ1v) is 10.3. The van der Waals surface area contributed by atoms with Gasteiger partial charge in [-0.3, -0.25) is 4.98 Å². The third-order valence-electron chi connectivity index (χ3n) is 5.58. The molecule has 3 N–H and O–H groups in total. The van der Waals surface area contributed by atoms with Crippen LogP contribution >= 0.6 is 0 Å². The molecule has 2 aromatic heterocycles. The molecule has 0 saturated carbocycles. The average Bonchev–Trinajstić information content (AvgIpc) is 3.23. The summed E-state index contributed by atoms with van der Waals surface area (Å²) in [6, 6.07) is 14.3. The van der Waals surface area contributed by atoms with Gasteiger partial charge in [0.25, 0.3) is 0 Å². The number of aromatic nitrogens is 3. The summed E-state index contributed by atoms with van der Waals surface area (Å²) in [5, 5.41) is 13.7. The fourth-order valence-electron chi connectivity index (χ4n) is 3.94. The number of hydrogen-bond donors (Lipinski definition) is 3. The lowest BCUT2D eigenvalue weighted by atomic mass is 10.0. The highest BCUT2D eigenvalue weighted by molar-refractivity contribution is 5.97. The molecule has 5 rings (SSSR count). The van der Waals surface area contributed by atoms with Crippen molar-refractivity contribution >= 4 is 10.9 Å². The number of aliphatic hydroxyl groups excluding tert-OH is 1. The molecule has 0 bridgehead atoms. The van der Waals surface area contributed by atoms with Crippen molar-refractivity contribution in [1.29, 1.82) is 0 Å². The van der Waals surface area contributed by atoms with Gasteiger partial charge in [0.05, 0.1) is 24.7 Å². The molecule has 0 amide bonds. The van der Waals surface area contributed by atoms with Crippen LogP contribution in [0.4, 0.5) is 0 Å². The van der Waals surface area contributed by atoms with E-state index in [0.717, 1.165) is 64.8 Å². The number of H-pyrrole nitrogens is 1. The molecule has 4 aromatic rings. The van der Waals surface area contributed by atoms with E-state index in [2.05, 4.69) is 33.5 Å². The summed E-state index contributed by atoms with van der Waals surface area (Å²) in [6.07, 6.45) is 7.71. The van der Waals surface area contributed by atoms with E-state index in [1.165, 1.54) is 0 Å². The Morgan fingerprint density at radius 3 is 2.73 bits per heavy atom. The first-order valence-electron chi connectivity index (χ1n) is 10.3. The minimum Gasteiger partial charge on any atom is -0.472 e. The van der Waals surface area contributed by atoms with E-state index < -0.39 is 0 Å². The molecule has 0 radical (unpaired) electrons. The van der Waals surface area contributed by atoms with E-state index in [9.17, 15) is 5.11 Å². The number of nitrogens with one attached hydrogen (secondary N) is 2. The monoisotopic (exact) mass is 400 g/mol. The summed E-state index contributed by atoms with van der Waals surface area (Å²) in [6.45, 7) is 1.94. The van der Waals surface area contributed by atoms with E-state index in [1.54, 1.807) is 12.4 Å². The fraction of sp³-hybridized carbons (Fsp3) is 0.250. The lowest BCUT2D eigenvalue weighted by molar-refractivity contribution is 0.160. The summed E-state index contributed by atoms with van der Waals surface area (Å²) in [5.74, 6) is 0.561. The lowest BCUT2D eigenvalue weighted by Crippen LogP contribution is -2.37. The summed E-state index contributed by atoms with van der Waals surface area (Å²) >= 11 is 0. The smallest absolute Gasteiger partial charge is 0.233 e. The van der Waals surface area contributed by atoms with E-state index in [1.807, 2.05) is 30.5 Å². The number of hydrogen-bond acceptors (Lipinski definition) is 5. The summed E-state index contributed by atoms with van der Waals surface area (Å²) in [4.78, 5) is 12.4. The molecular weight excluding hydrogens is 376 g/mol. The fourth-order valence-corrected chi connectivity index (χ4v) is 3.94. The number of benzene rings is 2. The Balaban J connectivity index is 1.47. The second-order valence-electron chi connectivity index (χ2n) is 7.65. The van der Waals surface area contributed by atoms with Crippen molar-refractivity contribution < 1.29 is 9.84 Å². The predicted octanol–water partition coefficient (Wildman–Crippen LogP) is 3.92. The number of ether oxygens (including phenoxy) is 1. The molecule has 0 spiro atoms. The summed E-state index contributed by atoms with van der Waals surface area (Å²) < 4.78 is 6.05. The minimum atomic E-state index is 0.0509. The van der Waals surface area contributed by atoms with Crippen LogP contribution in [-0.4, -0.2) is 39.3 Å². The van der Waals surface area contributed by atoms with Gasteiger partial charge in [-0.05, 0) is 48.2 Å².